The molecule has 0 radical (unpaired) electrons. The number of rotatable bonds is 9. The number of benzene rings is 3. The maximum absolute atomic E-state index is 13.1. The van der Waals surface area contributed by atoms with Gasteiger partial charge in [0.25, 0.3) is 5.91 Å². The molecule has 1 amide bonds. The van der Waals surface area contributed by atoms with Gasteiger partial charge in [0.15, 0.2) is 5.82 Å². The lowest BCUT2D eigenvalue weighted by Crippen LogP contribution is -2.23. The summed E-state index contributed by atoms with van der Waals surface area (Å²) in [6.45, 7) is 2.94. The van der Waals surface area contributed by atoms with Crippen LogP contribution in [0.5, 0.6) is 0 Å². The molecule has 0 aliphatic carbocycles. The molecule has 2 aromatic heterocycles. The van der Waals surface area contributed by atoms with E-state index in [9.17, 15) is 4.79 Å². The molecule has 0 bridgehead atoms. The number of aryl methyl sites for hydroxylation is 1. The van der Waals surface area contributed by atoms with Gasteiger partial charge >= 0.3 is 0 Å². The average Bonchev–Trinajstić information content (AvgIpc) is 3.58. The predicted molar refractivity (Wildman–Crippen MR) is 139 cm³/mol. The molecule has 5 rings (SSSR count). The van der Waals surface area contributed by atoms with Crippen LogP contribution in [-0.2, 0) is 18.8 Å². The number of nitrogens with zero attached hydrogens (tertiary/aromatic N) is 4. The number of carbonyl (C=O) groups excluding carboxylic acids is 1. The highest BCUT2D eigenvalue weighted by molar-refractivity contribution is 7.98. The molecule has 0 saturated carbocycles. The third-order valence-corrected chi connectivity index (χ3v) is 6.74. The van der Waals surface area contributed by atoms with Crippen molar-refractivity contribution in [3.63, 3.8) is 0 Å². The van der Waals surface area contributed by atoms with Crippen LogP contribution in [0, 0.1) is 6.92 Å². The maximum Gasteiger partial charge on any atom is 0.252 e. The molecule has 0 atom stereocenters. The van der Waals surface area contributed by atoms with Crippen LogP contribution in [0.3, 0.4) is 0 Å². The van der Waals surface area contributed by atoms with Gasteiger partial charge in [-0.25, -0.2) is 0 Å². The summed E-state index contributed by atoms with van der Waals surface area (Å²) in [5.41, 5.74) is 5.06. The first-order valence-electron chi connectivity index (χ1n) is 11.6. The number of aromatic nitrogens is 4. The highest BCUT2D eigenvalue weighted by Crippen LogP contribution is 2.27. The first kappa shape index (κ1) is 23.6. The molecule has 5 aromatic rings. The topological polar surface area (TPSA) is 85.8 Å². The minimum atomic E-state index is -0.121. The lowest BCUT2D eigenvalue weighted by atomic mass is 9.98. The van der Waals surface area contributed by atoms with Gasteiger partial charge in [0, 0.05) is 23.8 Å². The molecule has 0 spiro atoms. The monoisotopic (exact) mass is 495 g/mol. The Morgan fingerprint density at radius 1 is 1.00 bits per heavy atom. The molecule has 8 heteroatoms. The molecule has 180 valence electrons. The summed E-state index contributed by atoms with van der Waals surface area (Å²) in [4.78, 5) is 18.2. The van der Waals surface area contributed by atoms with E-state index in [1.54, 1.807) is 13.1 Å². The number of carbonyl (C=O) groups is 1. The fourth-order valence-electron chi connectivity index (χ4n) is 3.92. The van der Waals surface area contributed by atoms with E-state index in [4.69, 9.17) is 4.52 Å². The van der Waals surface area contributed by atoms with Crippen LogP contribution in [0.2, 0.25) is 0 Å². The van der Waals surface area contributed by atoms with Gasteiger partial charge in [-0.3, -0.25) is 9.48 Å². The number of hydrogen-bond donors (Lipinski definition) is 1. The number of nitrogens with one attached hydrogen (secondary N) is 1. The van der Waals surface area contributed by atoms with Crippen molar-refractivity contribution in [1.82, 2.24) is 25.2 Å². The molecule has 0 aliphatic rings. The molecule has 7 nitrogen and oxygen atoms in total. The maximum atomic E-state index is 13.1. The van der Waals surface area contributed by atoms with Crippen molar-refractivity contribution in [3.05, 3.63) is 120 Å². The Balaban J connectivity index is 1.26. The number of amides is 1. The number of hydrogen-bond acceptors (Lipinski definition) is 6. The van der Waals surface area contributed by atoms with E-state index >= 15 is 0 Å². The van der Waals surface area contributed by atoms with E-state index in [1.807, 2.05) is 59.4 Å². The Morgan fingerprint density at radius 3 is 2.58 bits per heavy atom. The van der Waals surface area contributed by atoms with Crippen molar-refractivity contribution in [1.29, 1.82) is 0 Å². The van der Waals surface area contributed by atoms with Crippen LogP contribution in [0.1, 0.15) is 33.2 Å². The first-order chi connectivity index (χ1) is 17.7. The van der Waals surface area contributed by atoms with E-state index in [1.165, 1.54) is 17.3 Å². The van der Waals surface area contributed by atoms with Crippen LogP contribution in [0.25, 0.3) is 11.1 Å². The molecular formula is C28H25N5O2S. The van der Waals surface area contributed by atoms with E-state index in [0.29, 0.717) is 29.6 Å². The zero-order valence-corrected chi connectivity index (χ0v) is 20.6. The van der Waals surface area contributed by atoms with Crippen molar-refractivity contribution in [2.75, 3.05) is 0 Å². The SMILES string of the molecule is Cc1noc(CSc2ccccc2C(=O)NCc2ccccc2-c2ccc(Cn3cccn3)cc2)n1. The lowest BCUT2D eigenvalue weighted by molar-refractivity contribution is 0.0948. The van der Waals surface area contributed by atoms with Gasteiger partial charge in [-0.2, -0.15) is 10.1 Å². The Bertz CT molecular complexity index is 1450. The third kappa shape index (κ3) is 5.72. The van der Waals surface area contributed by atoms with E-state index < -0.39 is 0 Å². The van der Waals surface area contributed by atoms with Gasteiger partial charge in [0.2, 0.25) is 5.89 Å². The van der Waals surface area contributed by atoms with Crippen molar-refractivity contribution in [2.24, 2.45) is 0 Å². The summed E-state index contributed by atoms with van der Waals surface area (Å²) in [5.74, 6) is 1.52. The predicted octanol–water partition coefficient (Wildman–Crippen LogP) is 5.51. The quantitative estimate of drug-likeness (QED) is 0.271. The van der Waals surface area contributed by atoms with Gasteiger partial charge in [0.1, 0.15) is 0 Å². The Hall–Kier alpha value is -4.17. The van der Waals surface area contributed by atoms with Gasteiger partial charge in [-0.05, 0) is 47.4 Å². The fraction of sp³-hybridized carbons (Fsp3) is 0.143. The molecule has 0 unspecified atom stereocenters. The van der Waals surface area contributed by atoms with Gasteiger partial charge in [0.05, 0.1) is 17.9 Å². The standard InChI is InChI=1S/C28H25N5O2S/c1-20-31-27(35-32-20)19-36-26-10-5-4-9-25(26)28(34)29-17-23-7-2-3-8-24(23)22-13-11-21(12-14-22)18-33-16-6-15-30-33/h2-16H,17-19H2,1H3,(H,29,34). The Kier molecular flexibility index (Phi) is 7.23. The summed E-state index contributed by atoms with van der Waals surface area (Å²) in [6, 6.07) is 26.1. The molecular weight excluding hydrogens is 470 g/mol. The third-order valence-electron chi connectivity index (χ3n) is 5.68. The van der Waals surface area contributed by atoms with Crippen LogP contribution in [0.15, 0.2) is 101 Å². The highest BCUT2D eigenvalue weighted by Gasteiger charge is 2.14. The normalized spacial score (nSPS) is 10.9. The Labute approximate surface area is 213 Å². The summed E-state index contributed by atoms with van der Waals surface area (Å²) >= 11 is 1.50. The second-order valence-corrected chi connectivity index (χ2v) is 9.28. The fourth-order valence-corrected chi connectivity index (χ4v) is 4.80. The van der Waals surface area contributed by atoms with E-state index in [0.717, 1.165) is 28.1 Å². The van der Waals surface area contributed by atoms with Crippen LogP contribution >= 0.6 is 11.8 Å². The molecule has 0 saturated heterocycles. The summed E-state index contributed by atoms with van der Waals surface area (Å²) < 4.78 is 7.09. The molecule has 0 fully saturated rings. The minimum absolute atomic E-state index is 0.121. The largest absolute Gasteiger partial charge is 0.348 e. The van der Waals surface area contributed by atoms with E-state index in [-0.39, 0.29) is 5.91 Å². The van der Waals surface area contributed by atoms with E-state index in [2.05, 4.69) is 50.9 Å². The second-order valence-electron chi connectivity index (χ2n) is 8.26. The smallest absolute Gasteiger partial charge is 0.252 e. The van der Waals surface area contributed by atoms with Crippen LogP contribution in [0.4, 0.5) is 0 Å². The number of thioether (sulfide) groups is 1. The molecule has 0 aliphatic heterocycles. The summed E-state index contributed by atoms with van der Waals surface area (Å²) in [6.07, 6.45) is 3.74. The van der Waals surface area contributed by atoms with Gasteiger partial charge < -0.3 is 9.84 Å². The molecule has 2 heterocycles. The molecule has 1 N–H and O–H groups in total. The van der Waals surface area contributed by atoms with Gasteiger partial charge in [-0.1, -0.05) is 65.8 Å². The zero-order valence-electron chi connectivity index (χ0n) is 19.8. The second kappa shape index (κ2) is 11.0. The van der Waals surface area contributed by atoms with Gasteiger partial charge in [-0.15, -0.1) is 11.8 Å². The summed E-state index contributed by atoms with van der Waals surface area (Å²) in [7, 11) is 0. The van der Waals surface area contributed by atoms with Crippen molar-refractivity contribution >= 4 is 17.7 Å². The van der Waals surface area contributed by atoms with Crippen molar-refractivity contribution in [3.8, 4) is 11.1 Å². The Morgan fingerprint density at radius 2 is 1.81 bits per heavy atom. The van der Waals surface area contributed by atoms with Crippen LogP contribution in [-0.4, -0.2) is 25.8 Å². The van der Waals surface area contributed by atoms with Crippen molar-refractivity contribution in [2.45, 2.75) is 30.7 Å². The lowest BCUT2D eigenvalue weighted by Gasteiger charge is -2.13. The zero-order chi connectivity index (χ0) is 24.7. The average molecular weight is 496 g/mol. The van der Waals surface area contributed by atoms with Crippen molar-refractivity contribution < 1.29 is 9.32 Å². The highest BCUT2D eigenvalue weighted by atomic mass is 32.2. The summed E-state index contributed by atoms with van der Waals surface area (Å²) in [5, 5.41) is 11.2. The van der Waals surface area contributed by atoms with Crippen LogP contribution < -0.4 is 5.32 Å². The molecule has 3 aromatic carbocycles. The minimum Gasteiger partial charge on any atom is -0.348 e. The first-order valence-corrected chi connectivity index (χ1v) is 12.6. The molecule has 36 heavy (non-hydrogen) atoms.